The average Bonchev–Trinajstić information content (AvgIpc) is 2.86. The van der Waals surface area contributed by atoms with E-state index in [1.165, 1.54) is 6.42 Å². The number of unbranched alkanes of at least 4 members (excludes halogenated alkanes) is 1. The molecule has 1 atom stereocenters. The quantitative estimate of drug-likeness (QED) is 0.627. The predicted molar refractivity (Wildman–Crippen MR) is 77.6 cm³/mol. The van der Waals surface area contributed by atoms with Crippen molar-refractivity contribution < 1.29 is 9.47 Å². The Morgan fingerprint density at radius 2 is 2.16 bits per heavy atom. The molecule has 0 radical (unpaired) electrons. The van der Waals surface area contributed by atoms with Crippen LogP contribution in [0.3, 0.4) is 0 Å². The molecule has 1 heterocycles. The highest BCUT2D eigenvalue weighted by Gasteiger charge is 2.08. The lowest BCUT2D eigenvalue weighted by Gasteiger charge is -2.16. The maximum Gasteiger partial charge on any atom is 0.203 e. The van der Waals surface area contributed by atoms with Crippen molar-refractivity contribution in [1.29, 1.82) is 0 Å². The van der Waals surface area contributed by atoms with Crippen molar-refractivity contribution in [3.05, 3.63) is 12.4 Å². The molecule has 1 unspecified atom stereocenters. The van der Waals surface area contributed by atoms with Crippen LogP contribution in [-0.2, 0) is 9.47 Å². The zero-order valence-electron chi connectivity index (χ0n) is 12.4. The summed E-state index contributed by atoms with van der Waals surface area (Å²) in [6.07, 6.45) is 7.12. The molecular weight excluding hydrogens is 242 g/mol. The maximum atomic E-state index is 5.52. The molecule has 5 heteroatoms. The molecule has 1 aromatic rings. The van der Waals surface area contributed by atoms with Crippen molar-refractivity contribution in [3.8, 4) is 0 Å². The molecule has 5 nitrogen and oxygen atoms in total. The van der Waals surface area contributed by atoms with E-state index in [0.717, 1.165) is 38.5 Å². The normalized spacial score (nSPS) is 12.6. The topological polar surface area (TPSA) is 48.3 Å². The average molecular weight is 269 g/mol. The molecule has 19 heavy (non-hydrogen) atoms. The summed E-state index contributed by atoms with van der Waals surface area (Å²) >= 11 is 0. The zero-order chi connectivity index (χ0) is 13.9. The fourth-order valence-corrected chi connectivity index (χ4v) is 1.85. The number of anilines is 1. The highest BCUT2D eigenvalue weighted by Crippen LogP contribution is 2.13. The fraction of sp³-hybridized carbons (Fsp3) is 0.786. The molecule has 0 aromatic carbocycles. The molecule has 0 fully saturated rings. The van der Waals surface area contributed by atoms with Gasteiger partial charge in [0.2, 0.25) is 5.95 Å². The molecule has 0 aliphatic carbocycles. The van der Waals surface area contributed by atoms with Gasteiger partial charge >= 0.3 is 0 Å². The number of hydrogen-bond donors (Lipinski definition) is 1. The van der Waals surface area contributed by atoms with Crippen molar-refractivity contribution >= 4 is 5.95 Å². The Morgan fingerprint density at radius 3 is 2.89 bits per heavy atom. The molecule has 1 N–H and O–H groups in total. The van der Waals surface area contributed by atoms with Gasteiger partial charge in [-0.2, -0.15) is 0 Å². The Hall–Kier alpha value is -1.07. The summed E-state index contributed by atoms with van der Waals surface area (Å²) < 4.78 is 12.8. The maximum absolute atomic E-state index is 5.52. The number of nitrogens with one attached hydrogen (secondary N) is 1. The number of methoxy groups -OCH3 is 1. The van der Waals surface area contributed by atoms with Crippen LogP contribution < -0.4 is 5.32 Å². The van der Waals surface area contributed by atoms with Crippen molar-refractivity contribution in [2.45, 2.75) is 39.2 Å². The Labute approximate surface area is 116 Å². The van der Waals surface area contributed by atoms with Gasteiger partial charge in [0.05, 0.1) is 12.6 Å². The van der Waals surface area contributed by atoms with E-state index in [0.29, 0.717) is 6.61 Å². The van der Waals surface area contributed by atoms with E-state index in [9.17, 15) is 0 Å². The summed E-state index contributed by atoms with van der Waals surface area (Å²) in [4.78, 5) is 4.32. The van der Waals surface area contributed by atoms with E-state index in [2.05, 4.69) is 28.7 Å². The molecule has 0 saturated carbocycles. The first-order chi connectivity index (χ1) is 9.29. The summed E-state index contributed by atoms with van der Waals surface area (Å²) in [6.45, 7) is 7.53. The molecule has 0 saturated heterocycles. The van der Waals surface area contributed by atoms with Gasteiger partial charge in [-0.1, -0.05) is 13.3 Å². The summed E-state index contributed by atoms with van der Waals surface area (Å²) in [6, 6.07) is 0.288. The molecule has 0 aliphatic rings. The van der Waals surface area contributed by atoms with Crippen LogP contribution in [0.2, 0.25) is 0 Å². The van der Waals surface area contributed by atoms with E-state index in [1.807, 2.05) is 12.4 Å². The zero-order valence-corrected chi connectivity index (χ0v) is 12.4. The van der Waals surface area contributed by atoms with Gasteiger partial charge in [0, 0.05) is 39.3 Å². The van der Waals surface area contributed by atoms with Gasteiger partial charge in [0.25, 0.3) is 0 Å². The van der Waals surface area contributed by atoms with Crippen LogP contribution in [0, 0.1) is 0 Å². The third-order valence-corrected chi connectivity index (χ3v) is 2.94. The van der Waals surface area contributed by atoms with Crippen molar-refractivity contribution in [2.75, 3.05) is 38.8 Å². The third kappa shape index (κ3) is 6.07. The highest BCUT2D eigenvalue weighted by atomic mass is 16.5. The molecule has 0 spiro atoms. The van der Waals surface area contributed by atoms with E-state index < -0.39 is 0 Å². The molecular formula is C14H27N3O2. The second kappa shape index (κ2) is 9.81. The Balaban J connectivity index is 2.20. The first-order valence-corrected chi connectivity index (χ1v) is 7.13. The first kappa shape index (κ1) is 16.0. The monoisotopic (exact) mass is 269 g/mol. The first-order valence-electron chi connectivity index (χ1n) is 7.13. The van der Waals surface area contributed by atoms with Crippen LogP contribution in [0.5, 0.6) is 0 Å². The van der Waals surface area contributed by atoms with Crippen molar-refractivity contribution in [1.82, 2.24) is 9.55 Å². The van der Waals surface area contributed by atoms with E-state index in [-0.39, 0.29) is 6.04 Å². The highest BCUT2D eigenvalue weighted by molar-refractivity contribution is 5.26. The lowest BCUT2D eigenvalue weighted by atomic mass is 10.3. The van der Waals surface area contributed by atoms with Crippen LogP contribution in [0.15, 0.2) is 12.4 Å². The number of nitrogens with zero attached hydrogens (tertiary/aromatic N) is 2. The largest absolute Gasteiger partial charge is 0.383 e. The summed E-state index contributed by atoms with van der Waals surface area (Å²) in [5.74, 6) is 0.901. The lowest BCUT2D eigenvalue weighted by molar-refractivity contribution is 0.131. The minimum Gasteiger partial charge on any atom is -0.383 e. The van der Waals surface area contributed by atoms with Crippen LogP contribution in [0.4, 0.5) is 5.95 Å². The number of imidazole rings is 1. The van der Waals surface area contributed by atoms with Gasteiger partial charge in [-0.25, -0.2) is 4.98 Å². The Bertz CT molecular complexity index is 328. The van der Waals surface area contributed by atoms with E-state index in [1.54, 1.807) is 7.11 Å². The predicted octanol–water partition coefficient (Wildman–Crippen LogP) is 2.71. The number of aromatic nitrogens is 2. The van der Waals surface area contributed by atoms with Gasteiger partial charge in [0.1, 0.15) is 0 Å². The molecule has 1 aromatic heterocycles. The standard InChI is InChI=1S/C14H27N3O2/c1-4-5-10-19-11-6-7-15-14-16-8-9-17(14)13(2)12-18-3/h8-9,13H,4-7,10-12H2,1-3H3,(H,15,16). The number of rotatable bonds is 11. The van der Waals surface area contributed by atoms with Gasteiger partial charge in [0.15, 0.2) is 0 Å². The van der Waals surface area contributed by atoms with Gasteiger partial charge in [-0.3, -0.25) is 0 Å². The minimum absolute atomic E-state index is 0.288. The SMILES string of the molecule is CCCCOCCCNc1nccn1C(C)COC. The molecule has 1 rings (SSSR count). The van der Waals surface area contributed by atoms with Gasteiger partial charge in [-0.15, -0.1) is 0 Å². The molecule has 0 aliphatic heterocycles. The fourth-order valence-electron chi connectivity index (χ4n) is 1.85. The summed E-state index contributed by atoms with van der Waals surface area (Å²) in [5, 5.41) is 3.34. The minimum atomic E-state index is 0.288. The van der Waals surface area contributed by atoms with Crippen LogP contribution in [0.25, 0.3) is 0 Å². The lowest BCUT2D eigenvalue weighted by Crippen LogP contribution is -2.15. The molecule has 110 valence electrons. The smallest absolute Gasteiger partial charge is 0.203 e. The van der Waals surface area contributed by atoms with E-state index >= 15 is 0 Å². The third-order valence-electron chi connectivity index (χ3n) is 2.94. The van der Waals surface area contributed by atoms with E-state index in [4.69, 9.17) is 9.47 Å². The number of ether oxygens (including phenoxy) is 2. The van der Waals surface area contributed by atoms with Gasteiger partial charge in [-0.05, 0) is 19.8 Å². The second-order valence-electron chi connectivity index (χ2n) is 4.71. The Kier molecular flexibility index (Phi) is 8.25. The van der Waals surface area contributed by atoms with Gasteiger partial charge < -0.3 is 19.4 Å². The van der Waals surface area contributed by atoms with Crippen molar-refractivity contribution in [3.63, 3.8) is 0 Å². The number of hydrogen-bond acceptors (Lipinski definition) is 4. The van der Waals surface area contributed by atoms with Crippen LogP contribution in [-0.4, -0.2) is 43.0 Å². The summed E-state index contributed by atoms with van der Waals surface area (Å²) in [7, 11) is 1.72. The Morgan fingerprint density at radius 1 is 1.37 bits per heavy atom. The molecule has 0 amide bonds. The van der Waals surface area contributed by atoms with Crippen LogP contribution in [0.1, 0.15) is 39.2 Å². The second-order valence-corrected chi connectivity index (χ2v) is 4.71. The van der Waals surface area contributed by atoms with Crippen LogP contribution >= 0.6 is 0 Å². The summed E-state index contributed by atoms with van der Waals surface area (Å²) in [5.41, 5.74) is 0. The molecule has 0 bridgehead atoms. The van der Waals surface area contributed by atoms with Crippen molar-refractivity contribution in [2.24, 2.45) is 0 Å².